The lowest BCUT2D eigenvalue weighted by atomic mass is 10.3. The van der Waals surface area contributed by atoms with Crippen molar-refractivity contribution in [2.24, 2.45) is 0 Å². The highest BCUT2D eigenvalue weighted by atomic mass is 35.5. The van der Waals surface area contributed by atoms with Crippen molar-refractivity contribution in [2.45, 2.75) is 24.6 Å². The van der Waals surface area contributed by atoms with Gasteiger partial charge in [0, 0.05) is 19.1 Å². The maximum atomic E-state index is 11.7. The number of thioether (sulfide) groups is 1. The molecule has 0 radical (unpaired) electrons. The van der Waals surface area contributed by atoms with Crippen molar-refractivity contribution in [3.63, 3.8) is 0 Å². The first-order valence-corrected chi connectivity index (χ1v) is 5.96. The molecule has 0 aliphatic carbocycles. The summed E-state index contributed by atoms with van der Waals surface area (Å²) in [5.74, 6) is 0.283. The van der Waals surface area contributed by atoms with Gasteiger partial charge in [-0.3, -0.25) is 4.79 Å². The van der Waals surface area contributed by atoms with Crippen molar-refractivity contribution >= 4 is 30.1 Å². The summed E-state index contributed by atoms with van der Waals surface area (Å²) in [5.41, 5.74) is 0. The van der Waals surface area contributed by atoms with Crippen LogP contribution in [0.25, 0.3) is 0 Å². The number of likely N-dealkylation sites (N-methyl/N-ethyl adjacent to an activating group) is 1. The highest BCUT2D eigenvalue weighted by Crippen LogP contribution is 2.15. The van der Waals surface area contributed by atoms with Gasteiger partial charge in [0.1, 0.15) is 0 Å². The van der Waals surface area contributed by atoms with E-state index in [0.717, 1.165) is 19.5 Å². The van der Waals surface area contributed by atoms with Crippen LogP contribution in [0.1, 0.15) is 13.3 Å². The predicted octanol–water partition coefficient (Wildman–Crippen LogP) is 0.980. The fourth-order valence-corrected chi connectivity index (χ4v) is 1.90. The van der Waals surface area contributed by atoms with Crippen LogP contribution in [0.2, 0.25) is 0 Å². The third kappa shape index (κ3) is 3.33. The molecule has 0 spiro atoms. The van der Waals surface area contributed by atoms with Gasteiger partial charge in [-0.2, -0.15) is 11.8 Å². The number of nitrogens with zero attached hydrogens (tertiary/aromatic N) is 1. The standard InChI is InChI=1S/C9H18N2OS.ClH/c1-7(13-3)9(12)11-5-4-8(6-11)10-2;/h7-8,10H,4-6H2,1-3H3;1H. The second kappa shape index (κ2) is 6.53. The highest BCUT2D eigenvalue weighted by Gasteiger charge is 2.27. The largest absolute Gasteiger partial charge is 0.340 e. The molecule has 1 heterocycles. The van der Waals surface area contributed by atoms with Gasteiger partial charge in [0.15, 0.2) is 0 Å². The Morgan fingerprint density at radius 3 is 2.71 bits per heavy atom. The number of nitrogens with one attached hydrogen (secondary N) is 1. The predicted molar refractivity (Wildman–Crippen MR) is 64.3 cm³/mol. The average molecular weight is 239 g/mol. The summed E-state index contributed by atoms with van der Waals surface area (Å²) >= 11 is 1.62. The molecule has 0 aromatic heterocycles. The lowest BCUT2D eigenvalue weighted by Gasteiger charge is -2.19. The summed E-state index contributed by atoms with van der Waals surface area (Å²) in [4.78, 5) is 13.7. The van der Waals surface area contributed by atoms with Gasteiger partial charge < -0.3 is 10.2 Å². The third-order valence-electron chi connectivity index (χ3n) is 2.61. The van der Waals surface area contributed by atoms with Crippen LogP contribution in [0, 0.1) is 0 Å². The first-order valence-electron chi connectivity index (χ1n) is 4.68. The van der Waals surface area contributed by atoms with Crippen molar-refractivity contribution in [1.82, 2.24) is 10.2 Å². The summed E-state index contributed by atoms with van der Waals surface area (Å²) in [6.45, 7) is 3.76. The van der Waals surface area contributed by atoms with Crippen molar-refractivity contribution < 1.29 is 4.79 Å². The van der Waals surface area contributed by atoms with E-state index >= 15 is 0 Å². The van der Waals surface area contributed by atoms with Gasteiger partial charge in [-0.15, -0.1) is 12.4 Å². The first kappa shape index (κ1) is 14.1. The van der Waals surface area contributed by atoms with Crippen LogP contribution in [0.5, 0.6) is 0 Å². The molecule has 1 saturated heterocycles. The molecule has 0 aromatic carbocycles. The maximum Gasteiger partial charge on any atom is 0.235 e. The fourth-order valence-electron chi connectivity index (χ4n) is 1.55. The van der Waals surface area contributed by atoms with E-state index < -0.39 is 0 Å². The van der Waals surface area contributed by atoms with Gasteiger partial charge in [0.25, 0.3) is 0 Å². The Hall–Kier alpha value is 0.0700. The van der Waals surface area contributed by atoms with Gasteiger partial charge >= 0.3 is 0 Å². The minimum atomic E-state index is 0. The molecule has 0 aromatic rings. The SMILES string of the molecule is CNC1CCN(C(=O)C(C)SC)C1.Cl. The van der Waals surface area contributed by atoms with Gasteiger partial charge in [-0.25, -0.2) is 0 Å². The molecule has 2 atom stereocenters. The second-order valence-electron chi connectivity index (χ2n) is 3.44. The first-order chi connectivity index (χ1) is 6.19. The van der Waals surface area contributed by atoms with Crippen LogP contribution in [0.3, 0.4) is 0 Å². The van der Waals surface area contributed by atoms with Gasteiger partial charge in [-0.1, -0.05) is 0 Å². The average Bonchev–Trinajstić information content (AvgIpc) is 2.63. The molecular formula is C9H19ClN2OS. The second-order valence-corrected chi connectivity index (χ2v) is 4.61. The van der Waals surface area contributed by atoms with Crippen LogP contribution >= 0.6 is 24.2 Å². The number of rotatable bonds is 3. The monoisotopic (exact) mass is 238 g/mol. The molecule has 0 saturated carbocycles. The normalized spacial score (nSPS) is 23.1. The molecule has 0 bridgehead atoms. The zero-order chi connectivity index (χ0) is 9.84. The molecule has 1 fully saturated rings. The molecule has 1 aliphatic rings. The third-order valence-corrected chi connectivity index (χ3v) is 3.52. The van der Waals surface area contributed by atoms with E-state index in [4.69, 9.17) is 0 Å². The summed E-state index contributed by atoms with van der Waals surface area (Å²) < 4.78 is 0. The molecular weight excluding hydrogens is 220 g/mol. The Kier molecular flexibility index (Phi) is 6.57. The number of hydrogen-bond donors (Lipinski definition) is 1. The van der Waals surface area contributed by atoms with E-state index in [9.17, 15) is 4.79 Å². The van der Waals surface area contributed by atoms with Crippen molar-refractivity contribution in [3.8, 4) is 0 Å². The summed E-state index contributed by atoms with van der Waals surface area (Å²) in [7, 11) is 1.96. The van der Waals surface area contributed by atoms with E-state index in [0.29, 0.717) is 6.04 Å². The van der Waals surface area contributed by atoms with Crippen molar-refractivity contribution in [2.75, 3.05) is 26.4 Å². The highest BCUT2D eigenvalue weighted by molar-refractivity contribution is 7.99. The molecule has 1 N–H and O–H groups in total. The van der Waals surface area contributed by atoms with Crippen molar-refractivity contribution in [1.29, 1.82) is 0 Å². The van der Waals surface area contributed by atoms with E-state index in [1.165, 1.54) is 0 Å². The van der Waals surface area contributed by atoms with E-state index in [1.54, 1.807) is 11.8 Å². The molecule has 14 heavy (non-hydrogen) atoms. The number of likely N-dealkylation sites (tertiary alicyclic amines) is 1. The van der Waals surface area contributed by atoms with Gasteiger partial charge in [0.05, 0.1) is 5.25 Å². The number of hydrogen-bond acceptors (Lipinski definition) is 3. The number of amides is 1. The van der Waals surface area contributed by atoms with Crippen LogP contribution in [-0.4, -0.2) is 48.5 Å². The molecule has 2 unspecified atom stereocenters. The topological polar surface area (TPSA) is 32.3 Å². The van der Waals surface area contributed by atoms with E-state index in [1.807, 2.05) is 25.1 Å². The van der Waals surface area contributed by atoms with Gasteiger partial charge in [-0.05, 0) is 26.6 Å². The van der Waals surface area contributed by atoms with Gasteiger partial charge in [0.2, 0.25) is 5.91 Å². The zero-order valence-electron chi connectivity index (χ0n) is 8.95. The zero-order valence-corrected chi connectivity index (χ0v) is 10.6. The Morgan fingerprint density at radius 2 is 2.29 bits per heavy atom. The number of carbonyl (C=O) groups excluding carboxylic acids is 1. The minimum absolute atomic E-state index is 0. The maximum absolute atomic E-state index is 11.7. The lowest BCUT2D eigenvalue weighted by Crippen LogP contribution is -2.37. The van der Waals surface area contributed by atoms with Crippen LogP contribution < -0.4 is 5.32 Å². The summed E-state index contributed by atoms with van der Waals surface area (Å²) in [6.07, 6.45) is 3.07. The summed E-state index contributed by atoms with van der Waals surface area (Å²) in [5, 5.41) is 3.31. The molecule has 1 rings (SSSR count). The minimum Gasteiger partial charge on any atom is -0.340 e. The van der Waals surface area contributed by atoms with E-state index in [2.05, 4.69) is 5.32 Å². The van der Waals surface area contributed by atoms with E-state index in [-0.39, 0.29) is 23.6 Å². The van der Waals surface area contributed by atoms with Crippen molar-refractivity contribution in [3.05, 3.63) is 0 Å². The molecule has 1 aliphatic heterocycles. The van der Waals surface area contributed by atoms with Crippen LogP contribution in [-0.2, 0) is 4.79 Å². The Morgan fingerprint density at radius 1 is 1.64 bits per heavy atom. The molecule has 5 heteroatoms. The lowest BCUT2D eigenvalue weighted by molar-refractivity contribution is -0.129. The molecule has 84 valence electrons. The van der Waals surface area contributed by atoms with Crippen LogP contribution in [0.4, 0.5) is 0 Å². The van der Waals surface area contributed by atoms with Crippen LogP contribution in [0.15, 0.2) is 0 Å². The number of carbonyl (C=O) groups is 1. The Labute approximate surface area is 96.4 Å². The quantitative estimate of drug-likeness (QED) is 0.796. The Bertz CT molecular complexity index is 192. The molecule has 3 nitrogen and oxygen atoms in total. The Balaban J connectivity index is 0.00000169. The smallest absolute Gasteiger partial charge is 0.235 e. The molecule has 1 amide bonds. The number of halogens is 1. The fraction of sp³-hybridized carbons (Fsp3) is 0.889. The summed E-state index contributed by atoms with van der Waals surface area (Å²) in [6, 6.07) is 0.498.